The Labute approximate surface area is 126 Å². The number of nitrogens with zero attached hydrogens (tertiary/aromatic N) is 3. The normalized spacial score (nSPS) is 11.2. The number of hydrogen-bond donors (Lipinski definition) is 2. The van der Waals surface area contributed by atoms with Gasteiger partial charge in [-0.1, -0.05) is 6.92 Å². The number of hydrogen-bond acceptors (Lipinski definition) is 7. The number of nitrogens with two attached hydrogens (primary N) is 1. The molecule has 3 aromatic heterocycles. The van der Waals surface area contributed by atoms with E-state index in [9.17, 15) is 0 Å². The Balaban J connectivity index is 1.90. The minimum Gasteiger partial charge on any atom is -0.444 e. The molecule has 110 valence electrons. The van der Waals surface area contributed by atoms with E-state index in [4.69, 9.17) is 10.2 Å². The van der Waals surface area contributed by atoms with Crippen LogP contribution >= 0.6 is 11.3 Å². The van der Waals surface area contributed by atoms with Crippen LogP contribution in [-0.4, -0.2) is 15.0 Å². The van der Waals surface area contributed by atoms with Crippen molar-refractivity contribution in [2.75, 3.05) is 11.1 Å². The second kappa shape index (κ2) is 5.33. The van der Waals surface area contributed by atoms with Crippen LogP contribution in [0.1, 0.15) is 29.1 Å². The summed E-state index contributed by atoms with van der Waals surface area (Å²) in [4.78, 5) is 15.1. The standard InChI is InChI=1S/C14H17N5OS/c1-4-9-5-10-12(18-14(15)19-13(10)21-9)16-6-11-17-7(2)8(3)20-11/h5H,4,6H2,1-3H3,(H3,15,16,18,19). The Hall–Kier alpha value is -2.15. The quantitative estimate of drug-likeness (QED) is 0.770. The number of oxazole rings is 1. The maximum absolute atomic E-state index is 5.78. The van der Waals surface area contributed by atoms with Gasteiger partial charge in [-0.3, -0.25) is 0 Å². The zero-order valence-corrected chi connectivity index (χ0v) is 13.0. The van der Waals surface area contributed by atoms with Gasteiger partial charge in [-0.15, -0.1) is 11.3 Å². The van der Waals surface area contributed by atoms with E-state index >= 15 is 0 Å². The predicted octanol–water partition coefficient (Wildman–Crippen LogP) is 3.05. The molecule has 3 rings (SSSR count). The SMILES string of the molecule is CCc1cc2c(NCc3nc(C)c(C)o3)nc(N)nc2s1. The van der Waals surface area contributed by atoms with Crippen LogP contribution in [0.15, 0.2) is 10.5 Å². The lowest BCUT2D eigenvalue weighted by molar-refractivity contribution is 0.478. The minimum atomic E-state index is 0.272. The first kappa shape index (κ1) is 13.8. The van der Waals surface area contributed by atoms with E-state index in [0.717, 1.165) is 33.9 Å². The van der Waals surface area contributed by atoms with Gasteiger partial charge in [0.15, 0.2) is 0 Å². The second-order valence-electron chi connectivity index (χ2n) is 4.82. The molecule has 0 atom stereocenters. The number of rotatable bonds is 4. The van der Waals surface area contributed by atoms with E-state index < -0.39 is 0 Å². The van der Waals surface area contributed by atoms with Gasteiger partial charge in [0.2, 0.25) is 11.8 Å². The number of aromatic nitrogens is 3. The van der Waals surface area contributed by atoms with Crippen molar-refractivity contribution in [3.05, 3.63) is 28.3 Å². The average Bonchev–Trinajstić information content (AvgIpc) is 2.99. The molecular formula is C14H17N5OS. The highest BCUT2D eigenvalue weighted by Crippen LogP contribution is 2.30. The number of aryl methyl sites for hydroxylation is 3. The van der Waals surface area contributed by atoms with Gasteiger partial charge in [0.25, 0.3) is 0 Å². The second-order valence-corrected chi connectivity index (χ2v) is 5.93. The van der Waals surface area contributed by atoms with Crippen LogP contribution in [0.3, 0.4) is 0 Å². The summed E-state index contributed by atoms with van der Waals surface area (Å²) >= 11 is 1.64. The first-order valence-corrected chi connectivity index (χ1v) is 7.61. The van der Waals surface area contributed by atoms with Crippen LogP contribution < -0.4 is 11.1 Å². The van der Waals surface area contributed by atoms with Crippen molar-refractivity contribution < 1.29 is 4.42 Å². The smallest absolute Gasteiger partial charge is 0.223 e. The highest BCUT2D eigenvalue weighted by Gasteiger charge is 2.11. The lowest BCUT2D eigenvalue weighted by Gasteiger charge is -2.05. The summed E-state index contributed by atoms with van der Waals surface area (Å²) in [6.07, 6.45) is 0.971. The molecule has 3 heterocycles. The van der Waals surface area contributed by atoms with E-state index in [1.807, 2.05) is 13.8 Å². The molecule has 0 fully saturated rings. The molecule has 0 aliphatic heterocycles. The fourth-order valence-electron chi connectivity index (χ4n) is 2.07. The highest BCUT2D eigenvalue weighted by molar-refractivity contribution is 7.18. The third-order valence-corrected chi connectivity index (χ3v) is 4.46. The molecule has 0 aliphatic rings. The van der Waals surface area contributed by atoms with Gasteiger partial charge in [-0.2, -0.15) is 4.98 Å². The van der Waals surface area contributed by atoms with E-state index in [2.05, 4.69) is 33.3 Å². The summed E-state index contributed by atoms with van der Waals surface area (Å²) in [6, 6.07) is 2.10. The van der Waals surface area contributed by atoms with E-state index in [1.54, 1.807) is 11.3 Å². The lowest BCUT2D eigenvalue weighted by atomic mass is 10.3. The van der Waals surface area contributed by atoms with Gasteiger partial charge < -0.3 is 15.5 Å². The molecule has 0 unspecified atom stereocenters. The summed E-state index contributed by atoms with van der Waals surface area (Å²) in [5.74, 6) is 2.47. The fraction of sp³-hybridized carbons (Fsp3) is 0.357. The number of nitrogens with one attached hydrogen (secondary N) is 1. The number of anilines is 2. The Kier molecular flexibility index (Phi) is 3.50. The molecular weight excluding hydrogens is 286 g/mol. The van der Waals surface area contributed by atoms with Crippen LogP contribution in [-0.2, 0) is 13.0 Å². The Morgan fingerprint density at radius 2 is 2.10 bits per heavy atom. The van der Waals surface area contributed by atoms with E-state index in [1.165, 1.54) is 4.88 Å². The molecule has 0 spiro atoms. The van der Waals surface area contributed by atoms with Crippen LogP contribution in [0, 0.1) is 13.8 Å². The van der Waals surface area contributed by atoms with Gasteiger partial charge in [-0.05, 0) is 26.3 Å². The van der Waals surface area contributed by atoms with Crippen molar-refractivity contribution in [2.45, 2.75) is 33.7 Å². The zero-order valence-electron chi connectivity index (χ0n) is 12.2. The molecule has 0 bridgehead atoms. The molecule has 0 aliphatic carbocycles. The maximum atomic E-state index is 5.78. The highest BCUT2D eigenvalue weighted by atomic mass is 32.1. The van der Waals surface area contributed by atoms with Crippen molar-refractivity contribution in [1.29, 1.82) is 0 Å². The summed E-state index contributed by atoms with van der Waals surface area (Å²) in [6.45, 7) is 6.42. The van der Waals surface area contributed by atoms with Crippen molar-refractivity contribution in [2.24, 2.45) is 0 Å². The molecule has 0 saturated carbocycles. The van der Waals surface area contributed by atoms with Gasteiger partial charge >= 0.3 is 0 Å². The topological polar surface area (TPSA) is 89.9 Å². The largest absolute Gasteiger partial charge is 0.444 e. The summed E-state index contributed by atoms with van der Waals surface area (Å²) in [7, 11) is 0. The molecule has 7 heteroatoms. The fourth-order valence-corrected chi connectivity index (χ4v) is 3.05. The van der Waals surface area contributed by atoms with E-state index in [0.29, 0.717) is 12.4 Å². The van der Waals surface area contributed by atoms with Crippen molar-refractivity contribution in [1.82, 2.24) is 15.0 Å². The summed E-state index contributed by atoms with van der Waals surface area (Å²) in [5.41, 5.74) is 6.68. The molecule has 6 nitrogen and oxygen atoms in total. The van der Waals surface area contributed by atoms with Crippen molar-refractivity contribution in [3.63, 3.8) is 0 Å². The molecule has 3 aromatic rings. The van der Waals surface area contributed by atoms with Crippen LogP contribution in [0.2, 0.25) is 0 Å². The summed E-state index contributed by atoms with van der Waals surface area (Å²) in [5, 5.41) is 4.23. The first-order valence-electron chi connectivity index (χ1n) is 6.79. The number of fused-ring (bicyclic) bond motifs is 1. The Morgan fingerprint density at radius 3 is 2.76 bits per heavy atom. The van der Waals surface area contributed by atoms with Gasteiger partial charge in [-0.25, -0.2) is 9.97 Å². The molecule has 3 N–H and O–H groups in total. The van der Waals surface area contributed by atoms with Crippen LogP contribution in [0.5, 0.6) is 0 Å². The van der Waals surface area contributed by atoms with Gasteiger partial charge in [0.1, 0.15) is 16.4 Å². The van der Waals surface area contributed by atoms with Gasteiger partial charge in [0.05, 0.1) is 17.6 Å². The number of thiophene rings is 1. The van der Waals surface area contributed by atoms with Gasteiger partial charge in [0, 0.05) is 4.88 Å². The van der Waals surface area contributed by atoms with Crippen molar-refractivity contribution in [3.8, 4) is 0 Å². The minimum absolute atomic E-state index is 0.272. The lowest BCUT2D eigenvalue weighted by Crippen LogP contribution is -2.04. The Morgan fingerprint density at radius 1 is 1.29 bits per heavy atom. The third-order valence-electron chi connectivity index (χ3n) is 3.29. The maximum Gasteiger partial charge on any atom is 0.223 e. The zero-order chi connectivity index (χ0) is 15.0. The van der Waals surface area contributed by atoms with Crippen LogP contribution in [0.4, 0.5) is 11.8 Å². The average molecular weight is 303 g/mol. The molecule has 0 radical (unpaired) electrons. The summed E-state index contributed by atoms with van der Waals surface area (Å²) < 4.78 is 5.56. The third kappa shape index (κ3) is 2.69. The molecule has 0 saturated heterocycles. The first-order chi connectivity index (χ1) is 10.1. The monoisotopic (exact) mass is 303 g/mol. The molecule has 0 amide bonds. The molecule has 21 heavy (non-hydrogen) atoms. The van der Waals surface area contributed by atoms with Crippen molar-refractivity contribution >= 4 is 33.3 Å². The van der Waals surface area contributed by atoms with Crippen LogP contribution in [0.25, 0.3) is 10.2 Å². The van der Waals surface area contributed by atoms with E-state index in [-0.39, 0.29) is 5.95 Å². The molecule has 0 aromatic carbocycles. The Bertz CT molecular complexity index is 773. The number of nitrogen functional groups attached to an aromatic ring is 1. The predicted molar refractivity (Wildman–Crippen MR) is 84.5 cm³/mol.